The highest BCUT2D eigenvalue weighted by atomic mass is 32.1. The molecule has 0 aliphatic rings. The van der Waals surface area contributed by atoms with Gasteiger partial charge < -0.3 is 5.11 Å². The molecule has 2 aromatic rings. The molecule has 0 saturated heterocycles. The number of thiophene rings is 1. The first-order valence-corrected chi connectivity index (χ1v) is 5.55. The van der Waals surface area contributed by atoms with E-state index >= 15 is 0 Å². The van der Waals surface area contributed by atoms with Gasteiger partial charge in [-0.25, -0.2) is 9.18 Å². The molecule has 0 saturated carbocycles. The molecular formula is C12H9FO2S. The lowest BCUT2D eigenvalue weighted by Crippen LogP contribution is -2.00. The van der Waals surface area contributed by atoms with Crippen LogP contribution in [0.5, 0.6) is 0 Å². The lowest BCUT2D eigenvalue weighted by atomic mass is 10.1. The Hall–Kier alpha value is -1.68. The van der Waals surface area contributed by atoms with Crippen LogP contribution < -0.4 is 0 Å². The van der Waals surface area contributed by atoms with E-state index in [0.717, 1.165) is 16.0 Å². The summed E-state index contributed by atoms with van der Waals surface area (Å²) < 4.78 is 13.4. The molecule has 0 aliphatic carbocycles. The summed E-state index contributed by atoms with van der Waals surface area (Å²) in [6, 6.07) is 6.14. The molecule has 0 fully saturated rings. The van der Waals surface area contributed by atoms with Crippen LogP contribution >= 0.6 is 11.3 Å². The molecule has 0 radical (unpaired) electrons. The van der Waals surface area contributed by atoms with Gasteiger partial charge in [-0.05, 0) is 41.6 Å². The number of halogens is 1. The van der Waals surface area contributed by atoms with Crippen molar-refractivity contribution in [3.63, 3.8) is 0 Å². The average molecular weight is 236 g/mol. The van der Waals surface area contributed by atoms with Gasteiger partial charge in [0.05, 0.1) is 5.56 Å². The minimum absolute atomic E-state index is 0.294. The predicted molar refractivity (Wildman–Crippen MR) is 61.4 cm³/mol. The van der Waals surface area contributed by atoms with Crippen molar-refractivity contribution in [3.8, 4) is 10.4 Å². The number of carboxylic acids is 1. The molecule has 0 aliphatic heterocycles. The van der Waals surface area contributed by atoms with E-state index in [9.17, 15) is 9.18 Å². The molecule has 16 heavy (non-hydrogen) atoms. The quantitative estimate of drug-likeness (QED) is 0.865. The van der Waals surface area contributed by atoms with Gasteiger partial charge in [0.1, 0.15) is 5.82 Å². The zero-order chi connectivity index (χ0) is 11.7. The van der Waals surface area contributed by atoms with Crippen LogP contribution in [0.2, 0.25) is 0 Å². The molecule has 1 aromatic heterocycles. The topological polar surface area (TPSA) is 37.3 Å². The van der Waals surface area contributed by atoms with E-state index in [0.29, 0.717) is 0 Å². The lowest BCUT2D eigenvalue weighted by Gasteiger charge is -2.02. The summed E-state index contributed by atoms with van der Waals surface area (Å²) in [5, 5.41) is 10.6. The first-order valence-electron chi connectivity index (χ1n) is 4.67. The summed E-state index contributed by atoms with van der Waals surface area (Å²) in [4.78, 5) is 11.6. The third-order valence-electron chi connectivity index (χ3n) is 2.32. The molecule has 1 aromatic carbocycles. The summed E-state index contributed by atoms with van der Waals surface area (Å²) in [5.74, 6) is -1.94. The molecule has 0 spiro atoms. The number of aromatic carboxylic acids is 1. The maximum atomic E-state index is 13.4. The fraction of sp³-hybridized carbons (Fsp3) is 0.0833. The molecule has 0 amide bonds. The zero-order valence-electron chi connectivity index (χ0n) is 8.53. The van der Waals surface area contributed by atoms with Gasteiger partial charge in [0.2, 0.25) is 0 Å². The Morgan fingerprint density at radius 3 is 2.62 bits per heavy atom. The second kappa shape index (κ2) is 4.06. The van der Waals surface area contributed by atoms with E-state index in [1.54, 1.807) is 6.07 Å². The number of carboxylic acid groups (broad SMARTS) is 1. The fourth-order valence-corrected chi connectivity index (χ4v) is 2.42. The molecule has 0 unspecified atom stereocenters. The third-order valence-corrected chi connectivity index (χ3v) is 3.39. The van der Waals surface area contributed by atoms with Gasteiger partial charge in [-0.1, -0.05) is 6.07 Å². The SMILES string of the molecule is Cc1ccsc1-c1ccc(C(=O)O)c(F)c1. The van der Waals surface area contributed by atoms with E-state index in [1.807, 2.05) is 18.4 Å². The van der Waals surface area contributed by atoms with Crippen molar-refractivity contribution >= 4 is 17.3 Å². The highest BCUT2D eigenvalue weighted by Gasteiger charge is 2.12. The average Bonchev–Trinajstić information content (AvgIpc) is 2.63. The monoisotopic (exact) mass is 236 g/mol. The van der Waals surface area contributed by atoms with E-state index in [-0.39, 0.29) is 5.56 Å². The Labute approximate surface area is 96.0 Å². The van der Waals surface area contributed by atoms with Crippen molar-refractivity contribution in [1.82, 2.24) is 0 Å². The molecule has 4 heteroatoms. The number of rotatable bonds is 2. The van der Waals surface area contributed by atoms with Crippen LogP contribution in [0.1, 0.15) is 15.9 Å². The standard InChI is InChI=1S/C12H9FO2S/c1-7-4-5-16-11(7)8-2-3-9(12(14)15)10(13)6-8/h2-6H,1H3,(H,14,15). The minimum Gasteiger partial charge on any atom is -0.478 e. The fourth-order valence-electron chi connectivity index (χ4n) is 1.50. The smallest absolute Gasteiger partial charge is 0.338 e. The van der Waals surface area contributed by atoms with Crippen LogP contribution in [-0.2, 0) is 0 Å². The van der Waals surface area contributed by atoms with Gasteiger partial charge in [-0.3, -0.25) is 0 Å². The van der Waals surface area contributed by atoms with E-state index < -0.39 is 11.8 Å². The first-order chi connectivity index (χ1) is 7.59. The first kappa shape index (κ1) is 10.8. The van der Waals surface area contributed by atoms with Crippen molar-refractivity contribution < 1.29 is 14.3 Å². The molecular weight excluding hydrogens is 227 g/mol. The second-order valence-electron chi connectivity index (χ2n) is 3.43. The van der Waals surface area contributed by atoms with Gasteiger partial charge in [0.15, 0.2) is 0 Å². The van der Waals surface area contributed by atoms with Crippen LogP contribution in [0.3, 0.4) is 0 Å². The van der Waals surface area contributed by atoms with Crippen LogP contribution in [0.25, 0.3) is 10.4 Å². The molecule has 1 N–H and O–H groups in total. The molecule has 0 atom stereocenters. The third kappa shape index (κ3) is 1.84. The lowest BCUT2D eigenvalue weighted by molar-refractivity contribution is 0.0692. The normalized spacial score (nSPS) is 10.4. The molecule has 1 heterocycles. The predicted octanol–water partition coefficient (Wildman–Crippen LogP) is 3.56. The van der Waals surface area contributed by atoms with Crippen molar-refractivity contribution in [1.29, 1.82) is 0 Å². The zero-order valence-corrected chi connectivity index (χ0v) is 9.34. The van der Waals surface area contributed by atoms with Crippen molar-refractivity contribution in [2.24, 2.45) is 0 Å². The number of hydrogen-bond donors (Lipinski definition) is 1. The molecule has 0 bridgehead atoms. The molecule has 2 nitrogen and oxygen atoms in total. The largest absolute Gasteiger partial charge is 0.478 e. The van der Waals surface area contributed by atoms with E-state index in [2.05, 4.69) is 0 Å². The summed E-state index contributed by atoms with van der Waals surface area (Å²) in [6.45, 7) is 1.94. The maximum absolute atomic E-state index is 13.4. The number of carbonyl (C=O) groups is 1. The Bertz CT molecular complexity index is 546. The van der Waals surface area contributed by atoms with Crippen LogP contribution in [-0.4, -0.2) is 11.1 Å². The minimum atomic E-state index is -1.24. The second-order valence-corrected chi connectivity index (χ2v) is 4.35. The van der Waals surface area contributed by atoms with Gasteiger partial charge in [-0.15, -0.1) is 11.3 Å². The van der Waals surface area contributed by atoms with Crippen molar-refractivity contribution in [3.05, 3.63) is 46.6 Å². The van der Waals surface area contributed by atoms with Crippen LogP contribution in [0.4, 0.5) is 4.39 Å². The van der Waals surface area contributed by atoms with Crippen molar-refractivity contribution in [2.75, 3.05) is 0 Å². The van der Waals surface area contributed by atoms with Crippen molar-refractivity contribution in [2.45, 2.75) is 6.92 Å². The Morgan fingerprint density at radius 2 is 2.12 bits per heavy atom. The highest BCUT2D eigenvalue weighted by molar-refractivity contribution is 7.13. The van der Waals surface area contributed by atoms with Crippen LogP contribution in [0.15, 0.2) is 29.6 Å². The Kier molecular flexibility index (Phi) is 2.75. The number of hydrogen-bond acceptors (Lipinski definition) is 2. The Balaban J connectivity index is 2.50. The van der Waals surface area contributed by atoms with Gasteiger partial charge in [0, 0.05) is 4.88 Å². The number of aryl methyl sites for hydroxylation is 1. The molecule has 82 valence electrons. The van der Waals surface area contributed by atoms with Crippen LogP contribution in [0, 0.1) is 12.7 Å². The summed E-state index contributed by atoms with van der Waals surface area (Å²) in [6.07, 6.45) is 0. The van der Waals surface area contributed by atoms with E-state index in [4.69, 9.17) is 5.11 Å². The van der Waals surface area contributed by atoms with Gasteiger partial charge in [-0.2, -0.15) is 0 Å². The number of benzene rings is 1. The highest BCUT2D eigenvalue weighted by Crippen LogP contribution is 2.30. The maximum Gasteiger partial charge on any atom is 0.338 e. The summed E-state index contributed by atoms with van der Waals surface area (Å²) >= 11 is 1.51. The van der Waals surface area contributed by atoms with E-state index in [1.165, 1.54) is 23.5 Å². The van der Waals surface area contributed by atoms with Gasteiger partial charge in [0.25, 0.3) is 0 Å². The summed E-state index contributed by atoms with van der Waals surface area (Å²) in [7, 11) is 0. The van der Waals surface area contributed by atoms with Gasteiger partial charge >= 0.3 is 5.97 Å². The molecule has 2 rings (SSSR count). The summed E-state index contributed by atoms with van der Waals surface area (Å²) in [5.41, 5.74) is 1.49. The Morgan fingerprint density at radius 1 is 1.38 bits per heavy atom.